The summed E-state index contributed by atoms with van der Waals surface area (Å²) in [5, 5.41) is 0. The van der Waals surface area contributed by atoms with Crippen LogP contribution in [0.3, 0.4) is 0 Å². The van der Waals surface area contributed by atoms with Crippen LogP contribution in [-0.4, -0.2) is 29.9 Å². The summed E-state index contributed by atoms with van der Waals surface area (Å²) in [6.07, 6.45) is 5.10. The highest BCUT2D eigenvalue weighted by Gasteiger charge is 2.41. The van der Waals surface area contributed by atoms with Gasteiger partial charge in [0.25, 0.3) is 8.56 Å². The normalized spacial score (nSPS) is 13.0. The van der Waals surface area contributed by atoms with Crippen molar-refractivity contribution in [1.82, 2.24) is 14.6 Å². The van der Waals surface area contributed by atoms with Crippen LogP contribution in [0.4, 0.5) is 0 Å². The van der Waals surface area contributed by atoms with E-state index in [-0.39, 0.29) is 0 Å². The van der Waals surface area contributed by atoms with Crippen molar-refractivity contribution in [3.8, 4) is 0 Å². The summed E-state index contributed by atoms with van der Waals surface area (Å²) in [5.41, 5.74) is 0. The molecule has 3 nitrogen and oxygen atoms in total. The van der Waals surface area contributed by atoms with Gasteiger partial charge < -0.3 is 14.6 Å². The van der Waals surface area contributed by atoms with Gasteiger partial charge in [0.15, 0.2) is 0 Å². The maximum Gasteiger partial charge on any atom is 0.274 e. The van der Waals surface area contributed by atoms with E-state index in [1.165, 1.54) is 49.9 Å². The van der Waals surface area contributed by atoms with E-state index >= 15 is 0 Å². The Balaban J connectivity index is 5.28. The highest BCUT2D eigenvalue weighted by Crippen LogP contribution is 2.21. The van der Waals surface area contributed by atoms with Crippen LogP contribution in [0.1, 0.15) is 74.1 Å². The molecule has 0 rings (SSSR count). The van der Waals surface area contributed by atoms with Crippen LogP contribution in [0, 0.1) is 5.92 Å². The van der Waals surface area contributed by atoms with Gasteiger partial charge in [-0.2, -0.15) is 0 Å². The largest absolute Gasteiger partial charge is 0.335 e. The lowest BCUT2D eigenvalue weighted by molar-refractivity contribution is 0.639. The molecule has 3 N–H and O–H groups in total. The molecule has 140 valence electrons. The number of nitrogens with one attached hydrogen (secondary N) is 3. The predicted molar refractivity (Wildman–Crippen MR) is 112 cm³/mol. The van der Waals surface area contributed by atoms with E-state index in [0.717, 1.165) is 19.0 Å². The van der Waals surface area contributed by atoms with Gasteiger partial charge in [-0.05, 0) is 56.0 Å². The Morgan fingerprint density at radius 3 is 1.48 bits per heavy atom. The second-order valence-electron chi connectivity index (χ2n) is 7.53. The van der Waals surface area contributed by atoms with Crippen LogP contribution in [0.25, 0.3) is 0 Å². The molecule has 0 aliphatic carbocycles. The summed E-state index contributed by atoms with van der Waals surface area (Å²) in [7, 11) is -3.17. The summed E-state index contributed by atoms with van der Waals surface area (Å²) < 4.78 is 4.33. The second-order valence-corrected chi connectivity index (χ2v) is 16.1. The van der Waals surface area contributed by atoms with Gasteiger partial charge >= 0.3 is 0 Å². The van der Waals surface area contributed by atoms with Crippen molar-refractivity contribution in [1.29, 1.82) is 0 Å². The summed E-state index contributed by atoms with van der Waals surface area (Å²) in [6.45, 7) is 18.8. The van der Waals surface area contributed by atoms with Gasteiger partial charge in [0.2, 0.25) is 0 Å². The lowest BCUT2D eigenvalue weighted by atomic mass is 10.3. The third-order valence-corrected chi connectivity index (χ3v) is 16.2. The Hall–Kier alpha value is 0.314. The Kier molecular flexibility index (Phi) is 12.8. The van der Waals surface area contributed by atoms with Crippen LogP contribution in [-0.2, 0) is 0 Å². The molecular weight excluding hydrogens is 314 g/mol. The van der Waals surface area contributed by atoms with Crippen molar-refractivity contribution in [2.24, 2.45) is 5.92 Å². The zero-order chi connectivity index (χ0) is 17.8. The third-order valence-electron chi connectivity index (χ3n) is 5.14. The molecule has 0 saturated heterocycles. The number of hydrogen-bond acceptors (Lipinski definition) is 3. The summed E-state index contributed by atoms with van der Waals surface area (Å²) >= 11 is 0. The van der Waals surface area contributed by atoms with E-state index in [1.807, 2.05) is 0 Å². The smallest absolute Gasteiger partial charge is 0.274 e. The minimum absolute atomic E-state index is 0.731. The molecule has 0 radical (unpaired) electrons. The minimum atomic E-state index is -1.82. The summed E-state index contributed by atoms with van der Waals surface area (Å²) in [5.74, 6) is 0.731. The average molecular weight is 360 g/mol. The minimum Gasteiger partial charge on any atom is -0.335 e. The maximum absolute atomic E-state index is 4.33. The highest BCUT2D eigenvalue weighted by atomic mass is 28.4. The van der Waals surface area contributed by atoms with E-state index in [0.29, 0.717) is 0 Å². The van der Waals surface area contributed by atoms with E-state index in [1.54, 1.807) is 0 Å². The number of rotatable bonds is 15. The topological polar surface area (TPSA) is 36.1 Å². The fourth-order valence-corrected chi connectivity index (χ4v) is 14.6. The molecule has 0 bridgehead atoms. The SMILES string of the molecule is CCCCN[Si](CC(C)C)(NCCCC)N[Si](CC)(CC)CC. The Morgan fingerprint density at radius 2 is 1.17 bits per heavy atom. The van der Waals surface area contributed by atoms with Gasteiger partial charge in [0.05, 0.1) is 0 Å². The fraction of sp³-hybridized carbons (Fsp3) is 1.00. The molecule has 0 amide bonds. The molecule has 0 spiro atoms. The third kappa shape index (κ3) is 8.82. The molecule has 23 heavy (non-hydrogen) atoms. The molecule has 5 heteroatoms. The summed E-state index contributed by atoms with van der Waals surface area (Å²) in [6, 6.07) is 5.32. The molecule has 0 heterocycles. The lowest BCUT2D eigenvalue weighted by Crippen LogP contribution is -2.78. The second kappa shape index (κ2) is 12.6. The van der Waals surface area contributed by atoms with Crippen molar-refractivity contribution >= 4 is 16.8 Å². The van der Waals surface area contributed by atoms with Gasteiger partial charge in [-0.1, -0.05) is 61.3 Å². The van der Waals surface area contributed by atoms with Crippen LogP contribution in [0.5, 0.6) is 0 Å². The van der Waals surface area contributed by atoms with Crippen molar-refractivity contribution in [2.75, 3.05) is 13.1 Å². The van der Waals surface area contributed by atoms with Crippen LogP contribution < -0.4 is 14.6 Å². The first-order valence-electron chi connectivity index (χ1n) is 10.2. The highest BCUT2D eigenvalue weighted by molar-refractivity contribution is 6.91. The van der Waals surface area contributed by atoms with Gasteiger partial charge in [-0.15, -0.1) is 0 Å². The van der Waals surface area contributed by atoms with Crippen LogP contribution in [0.15, 0.2) is 0 Å². The molecule has 0 aliphatic rings. The van der Waals surface area contributed by atoms with Crippen molar-refractivity contribution in [2.45, 2.75) is 98.3 Å². The first-order chi connectivity index (χ1) is 10.9. The first-order valence-corrected chi connectivity index (χ1v) is 15.0. The van der Waals surface area contributed by atoms with Gasteiger partial charge in [-0.3, -0.25) is 0 Å². The molecule has 0 aromatic heterocycles. The molecule has 0 unspecified atom stereocenters. The monoisotopic (exact) mass is 359 g/mol. The zero-order valence-corrected chi connectivity index (χ0v) is 19.1. The van der Waals surface area contributed by atoms with Crippen LogP contribution >= 0.6 is 0 Å². The first kappa shape index (κ1) is 23.3. The van der Waals surface area contributed by atoms with Crippen molar-refractivity contribution in [3.05, 3.63) is 0 Å². The van der Waals surface area contributed by atoms with Crippen molar-refractivity contribution in [3.63, 3.8) is 0 Å². The molecule has 0 aromatic rings. The molecule has 0 aliphatic heterocycles. The maximum atomic E-state index is 4.33. The molecule has 0 aromatic carbocycles. The quantitative estimate of drug-likeness (QED) is 0.286. The molecule has 0 fully saturated rings. The molecule has 0 saturated carbocycles. The number of unbranched alkanes of at least 4 members (excludes halogenated alkanes) is 2. The molecule has 0 atom stereocenters. The Bertz CT molecular complexity index is 263. The van der Waals surface area contributed by atoms with Crippen molar-refractivity contribution < 1.29 is 0 Å². The van der Waals surface area contributed by atoms with Gasteiger partial charge in [-0.25, -0.2) is 0 Å². The van der Waals surface area contributed by atoms with E-state index in [4.69, 9.17) is 0 Å². The average Bonchev–Trinajstić information content (AvgIpc) is 2.53. The van der Waals surface area contributed by atoms with Gasteiger partial charge in [0.1, 0.15) is 8.24 Å². The van der Waals surface area contributed by atoms with E-state index < -0.39 is 16.8 Å². The lowest BCUT2D eigenvalue weighted by Gasteiger charge is -2.43. The summed E-state index contributed by atoms with van der Waals surface area (Å²) in [4.78, 5) is 8.07. The Labute approximate surface area is 149 Å². The Morgan fingerprint density at radius 1 is 0.739 bits per heavy atom. The van der Waals surface area contributed by atoms with Gasteiger partial charge in [0, 0.05) is 0 Å². The van der Waals surface area contributed by atoms with Crippen LogP contribution in [0.2, 0.25) is 24.2 Å². The fourth-order valence-electron chi connectivity index (χ4n) is 3.38. The standard InChI is InChI=1S/C18H45N3Si2/c1-8-13-15-19-23(17-18(6)7,20-16-14-9-2)21-22(10-3,11-4)12-5/h18-21H,8-17H2,1-7H3. The predicted octanol–water partition coefficient (Wildman–Crippen LogP) is 4.96. The van der Waals surface area contributed by atoms with E-state index in [9.17, 15) is 0 Å². The zero-order valence-electron chi connectivity index (χ0n) is 17.1. The molecular formula is C18H45N3Si2. The number of hydrogen-bond donors (Lipinski definition) is 3. The van der Waals surface area contributed by atoms with E-state index in [2.05, 4.69) is 63.1 Å².